The van der Waals surface area contributed by atoms with Crippen LogP contribution in [-0.4, -0.2) is 70.2 Å². The number of nitrogens with two attached hydrogens (primary N) is 2. The van der Waals surface area contributed by atoms with E-state index >= 15 is 0 Å². The molecule has 1 unspecified atom stereocenters. The second-order valence-corrected chi connectivity index (χ2v) is 11.6. The number of anilines is 3. The van der Waals surface area contributed by atoms with Gasteiger partial charge in [-0.05, 0) is 42.4 Å². The van der Waals surface area contributed by atoms with Crippen LogP contribution in [0.25, 0.3) is 0 Å². The van der Waals surface area contributed by atoms with Crippen molar-refractivity contribution in [2.45, 2.75) is 41.3 Å². The van der Waals surface area contributed by atoms with Gasteiger partial charge < -0.3 is 26.0 Å². The molecule has 7 rings (SSSR count). The number of carbonyl (C=O) groups excluding carboxylic acids is 1. The molecule has 3 aromatic heterocycles. The Kier molecular flexibility index (Phi) is 5.38. The molecule has 2 atom stereocenters. The average Bonchev–Trinajstić information content (AvgIpc) is 3.38. The highest BCUT2D eigenvalue weighted by Crippen LogP contribution is 2.50. The fourth-order valence-electron chi connectivity index (χ4n) is 6.24. The first-order chi connectivity index (χ1) is 18.4. The lowest BCUT2D eigenvalue weighted by atomic mass is 9.73. The van der Waals surface area contributed by atoms with Crippen LogP contribution in [0.3, 0.4) is 0 Å². The van der Waals surface area contributed by atoms with Gasteiger partial charge in [0.15, 0.2) is 17.4 Å². The van der Waals surface area contributed by atoms with Gasteiger partial charge in [0.05, 0.1) is 17.1 Å². The van der Waals surface area contributed by atoms with E-state index in [0.717, 1.165) is 48.8 Å². The van der Waals surface area contributed by atoms with Gasteiger partial charge >= 0.3 is 6.03 Å². The number of rotatable bonds is 3. The second kappa shape index (κ2) is 8.70. The van der Waals surface area contributed by atoms with E-state index in [1.54, 1.807) is 29.2 Å². The number of nitrogens with zero attached hydrogens (tertiary/aromatic N) is 7. The topological polar surface area (TPSA) is 140 Å². The number of hydrogen-bond acceptors (Lipinski definition) is 10. The summed E-state index contributed by atoms with van der Waals surface area (Å²) in [7, 11) is 1.79. The fraction of sp³-hybridized carbons (Fsp3) is 0.423. The third kappa shape index (κ3) is 3.57. The van der Waals surface area contributed by atoms with E-state index in [4.69, 9.17) is 21.2 Å². The van der Waals surface area contributed by atoms with E-state index in [9.17, 15) is 4.79 Å². The van der Waals surface area contributed by atoms with Crippen LogP contribution in [0.1, 0.15) is 30.1 Å². The molecule has 196 valence electrons. The van der Waals surface area contributed by atoms with Crippen molar-refractivity contribution in [2.75, 3.05) is 48.8 Å². The molecule has 4 aliphatic rings. The number of pyridine rings is 2. The van der Waals surface area contributed by atoms with Gasteiger partial charge in [-0.2, -0.15) is 0 Å². The predicted octanol–water partition coefficient (Wildman–Crippen LogP) is 2.48. The Hall–Kier alpha value is -3.64. The number of amides is 2. The third-order valence-corrected chi connectivity index (χ3v) is 9.41. The van der Waals surface area contributed by atoms with Gasteiger partial charge in [0, 0.05) is 50.8 Å². The Morgan fingerprint density at radius 3 is 2.79 bits per heavy atom. The summed E-state index contributed by atoms with van der Waals surface area (Å²) in [4.78, 5) is 37.5. The quantitative estimate of drug-likeness (QED) is 0.518. The van der Waals surface area contributed by atoms with Crippen molar-refractivity contribution < 1.29 is 9.53 Å². The molecule has 0 bridgehead atoms. The first-order valence-corrected chi connectivity index (χ1v) is 13.7. The molecule has 11 nitrogen and oxygen atoms in total. The average molecular weight is 532 g/mol. The molecule has 12 heteroatoms. The zero-order valence-corrected chi connectivity index (χ0v) is 21.9. The molecule has 3 aromatic rings. The summed E-state index contributed by atoms with van der Waals surface area (Å²) in [6.45, 7) is 2.72. The molecule has 3 aliphatic heterocycles. The molecule has 0 aromatic carbocycles. The number of urea groups is 1. The van der Waals surface area contributed by atoms with E-state index in [1.807, 2.05) is 18.3 Å². The lowest BCUT2D eigenvalue weighted by Crippen LogP contribution is -2.44. The van der Waals surface area contributed by atoms with E-state index in [-0.39, 0.29) is 23.5 Å². The minimum Gasteiger partial charge on any atom is -0.486 e. The van der Waals surface area contributed by atoms with Crippen LogP contribution in [0.2, 0.25) is 0 Å². The van der Waals surface area contributed by atoms with Gasteiger partial charge in [-0.1, -0.05) is 17.8 Å². The monoisotopic (exact) mass is 531 g/mol. The molecule has 0 saturated carbocycles. The molecule has 38 heavy (non-hydrogen) atoms. The van der Waals surface area contributed by atoms with Gasteiger partial charge in [0.1, 0.15) is 17.5 Å². The molecule has 4 N–H and O–H groups in total. The normalized spacial score (nSPS) is 23.3. The molecule has 2 fully saturated rings. The first-order valence-electron chi connectivity index (χ1n) is 12.8. The lowest BCUT2D eigenvalue weighted by molar-refractivity contribution is 0.186. The van der Waals surface area contributed by atoms with Gasteiger partial charge in [-0.3, -0.25) is 9.88 Å². The highest BCUT2D eigenvalue weighted by Gasteiger charge is 2.47. The van der Waals surface area contributed by atoms with E-state index in [0.29, 0.717) is 35.6 Å². The maximum Gasteiger partial charge on any atom is 0.326 e. The number of piperidine rings is 1. The second-order valence-electron chi connectivity index (χ2n) is 10.5. The number of likely N-dealkylation sites (N-methyl/N-ethyl adjacent to an activating group) is 1. The van der Waals surface area contributed by atoms with Crippen LogP contribution in [0, 0.1) is 5.41 Å². The molecule has 1 aliphatic carbocycles. The van der Waals surface area contributed by atoms with Crippen molar-refractivity contribution in [1.29, 1.82) is 0 Å². The number of ether oxygens (including phenoxy) is 1. The van der Waals surface area contributed by atoms with Gasteiger partial charge in [0.25, 0.3) is 0 Å². The Balaban J connectivity index is 1.07. The Bertz CT molecular complexity index is 1430. The van der Waals surface area contributed by atoms with E-state index < -0.39 is 0 Å². The van der Waals surface area contributed by atoms with E-state index in [2.05, 4.69) is 25.9 Å². The highest BCUT2D eigenvalue weighted by molar-refractivity contribution is 7.99. The molecule has 1 spiro atoms. The number of hydrogen-bond donors (Lipinski definition) is 2. The summed E-state index contributed by atoms with van der Waals surface area (Å²) in [5.41, 5.74) is 15.5. The summed E-state index contributed by atoms with van der Waals surface area (Å²) in [6, 6.07) is 5.85. The van der Waals surface area contributed by atoms with Gasteiger partial charge in [-0.25, -0.2) is 19.7 Å². The van der Waals surface area contributed by atoms with Crippen LogP contribution in [-0.2, 0) is 6.42 Å². The summed E-state index contributed by atoms with van der Waals surface area (Å²) in [6.07, 6.45) is 8.18. The van der Waals surface area contributed by atoms with Crippen LogP contribution in [0.15, 0.2) is 46.7 Å². The van der Waals surface area contributed by atoms with E-state index in [1.165, 1.54) is 17.3 Å². The number of nitrogen functional groups attached to an aromatic ring is 1. The fourth-order valence-corrected chi connectivity index (χ4v) is 7.07. The zero-order valence-electron chi connectivity index (χ0n) is 21.1. The molecule has 2 saturated heterocycles. The molecule has 0 radical (unpaired) electrons. The summed E-state index contributed by atoms with van der Waals surface area (Å²) >= 11 is 1.37. The Labute approximate surface area is 224 Å². The highest BCUT2D eigenvalue weighted by atomic mass is 32.2. The van der Waals surface area contributed by atoms with Crippen LogP contribution in [0.4, 0.5) is 22.2 Å². The van der Waals surface area contributed by atoms with Crippen LogP contribution < -0.4 is 26.0 Å². The maximum absolute atomic E-state index is 12.7. The number of fused-ring (bicyclic) bond motifs is 4. The zero-order chi connectivity index (χ0) is 26.0. The predicted molar refractivity (Wildman–Crippen MR) is 143 cm³/mol. The van der Waals surface area contributed by atoms with Crippen molar-refractivity contribution >= 4 is 35.2 Å². The number of carbonyl (C=O) groups is 1. The molecule has 2 amide bonds. The molecular formula is C26H29N9O2S. The molecular weight excluding hydrogens is 502 g/mol. The minimum atomic E-state index is -0.0696. The van der Waals surface area contributed by atoms with Crippen molar-refractivity contribution in [3.8, 4) is 5.75 Å². The number of aromatic nitrogens is 4. The molecule has 6 heterocycles. The first kappa shape index (κ1) is 23.5. The largest absolute Gasteiger partial charge is 0.486 e. The SMILES string of the molecule is CN1CC2COc3c(Sc4ncc(N5CCC6(CC5)Cc5ncccc5[C@H]6N)nc4N)ccnc3N2C1=O. The standard InChI is InChI=1S/C26H29N9O2S/c1-33-13-15-14-37-20-18(4-8-30-23(20)35(15)25(33)36)38-24-22(28)32-19(12-31-24)34-9-5-26(6-10-34)11-17-16(21(26)27)3-2-7-29-17/h2-4,7-8,12,15,21H,5-6,9-11,13-14,27H2,1H3,(H2,28,32)/t15?,21-/m1/s1. The van der Waals surface area contributed by atoms with Crippen molar-refractivity contribution in [3.63, 3.8) is 0 Å². The van der Waals surface area contributed by atoms with Crippen molar-refractivity contribution in [2.24, 2.45) is 11.1 Å². The Morgan fingerprint density at radius 1 is 1.16 bits per heavy atom. The summed E-state index contributed by atoms with van der Waals surface area (Å²) in [5, 5.41) is 0.588. The van der Waals surface area contributed by atoms with Gasteiger partial charge in [0.2, 0.25) is 0 Å². The van der Waals surface area contributed by atoms with Crippen LogP contribution >= 0.6 is 11.8 Å². The maximum atomic E-state index is 12.7. The van der Waals surface area contributed by atoms with Crippen molar-refractivity contribution in [1.82, 2.24) is 24.8 Å². The third-order valence-electron chi connectivity index (χ3n) is 8.36. The Morgan fingerprint density at radius 2 is 2.00 bits per heavy atom. The lowest BCUT2D eigenvalue weighted by Gasteiger charge is -2.42. The van der Waals surface area contributed by atoms with Gasteiger partial charge in [-0.15, -0.1) is 0 Å². The minimum absolute atomic E-state index is 0.0170. The summed E-state index contributed by atoms with van der Waals surface area (Å²) in [5.74, 6) is 2.24. The summed E-state index contributed by atoms with van der Waals surface area (Å²) < 4.78 is 6.06. The smallest absolute Gasteiger partial charge is 0.326 e. The van der Waals surface area contributed by atoms with Crippen molar-refractivity contribution in [3.05, 3.63) is 48.0 Å². The van der Waals surface area contributed by atoms with Crippen LogP contribution in [0.5, 0.6) is 5.75 Å².